The first kappa shape index (κ1) is 39.8. The predicted octanol–water partition coefficient (Wildman–Crippen LogP) is 7.04. The summed E-state index contributed by atoms with van der Waals surface area (Å²) in [5.74, 6) is 0.202. The quantitative estimate of drug-likeness (QED) is 0.0667. The molecule has 53 heavy (non-hydrogen) atoms. The van der Waals surface area contributed by atoms with Crippen LogP contribution in [-0.4, -0.2) is 92.7 Å². The first-order valence-electron chi connectivity index (χ1n) is 18.6. The van der Waals surface area contributed by atoms with Crippen molar-refractivity contribution >= 4 is 18.1 Å². The number of allylic oxidation sites excluding steroid dienone is 1. The van der Waals surface area contributed by atoms with Gasteiger partial charge in [-0.1, -0.05) is 37.1 Å². The molecule has 1 saturated carbocycles. The molecule has 2 aliphatic carbocycles. The number of ether oxygens (including phenoxy) is 5. The van der Waals surface area contributed by atoms with E-state index >= 15 is 0 Å². The highest BCUT2D eigenvalue weighted by molar-refractivity contribution is 6.03. The first-order chi connectivity index (χ1) is 25.8. The van der Waals surface area contributed by atoms with Crippen LogP contribution in [0.15, 0.2) is 65.9 Å². The fourth-order valence-electron chi connectivity index (χ4n) is 8.56. The number of aldehydes is 1. The molecule has 1 aliphatic heterocycles. The van der Waals surface area contributed by atoms with E-state index in [9.17, 15) is 19.8 Å². The molecule has 0 spiro atoms. The number of aliphatic hydroxyl groups excluding tert-OH is 2. The van der Waals surface area contributed by atoms with Crippen molar-refractivity contribution in [3.05, 3.63) is 71.8 Å². The van der Waals surface area contributed by atoms with E-state index in [1.807, 2.05) is 25.1 Å². The number of hydrogen-bond donors (Lipinski definition) is 2. The number of methoxy groups -OCH3 is 2. The van der Waals surface area contributed by atoms with E-state index in [-0.39, 0.29) is 37.6 Å². The first-order valence-corrected chi connectivity index (χ1v) is 18.6. The van der Waals surface area contributed by atoms with Gasteiger partial charge in [0.1, 0.15) is 36.1 Å². The molecule has 2 N–H and O–H groups in total. The molecule has 12 heteroatoms. The van der Waals surface area contributed by atoms with E-state index in [2.05, 4.69) is 17.8 Å². The lowest BCUT2D eigenvalue weighted by atomic mass is 9.55. The fourth-order valence-corrected chi connectivity index (χ4v) is 8.56. The summed E-state index contributed by atoms with van der Waals surface area (Å²) in [6.45, 7) is 6.71. The van der Waals surface area contributed by atoms with Gasteiger partial charge in [0.2, 0.25) is 5.79 Å². The molecule has 1 heterocycles. The molecule has 1 fully saturated rings. The summed E-state index contributed by atoms with van der Waals surface area (Å²) in [5.41, 5.74) is 2.93. The predicted molar refractivity (Wildman–Crippen MR) is 200 cm³/mol. The maximum Gasteiger partial charge on any atom is 0.409 e. The monoisotopic (exact) mass is 734 g/mol. The van der Waals surface area contributed by atoms with E-state index in [0.717, 1.165) is 43.1 Å². The minimum absolute atomic E-state index is 0.0570. The number of aliphatic hydroxyl groups is 2. The molecule has 0 aromatic heterocycles. The van der Waals surface area contributed by atoms with E-state index < -0.39 is 23.8 Å². The van der Waals surface area contributed by atoms with Crippen LogP contribution < -0.4 is 14.2 Å². The summed E-state index contributed by atoms with van der Waals surface area (Å²) in [5, 5.41) is 24.1. The lowest BCUT2D eigenvalue weighted by Gasteiger charge is -2.59. The zero-order valence-electron chi connectivity index (χ0n) is 31.3. The van der Waals surface area contributed by atoms with Crippen LogP contribution in [0.5, 0.6) is 23.0 Å². The van der Waals surface area contributed by atoms with Crippen LogP contribution in [0.2, 0.25) is 0 Å². The zero-order chi connectivity index (χ0) is 38.0. The Balaban J connectivity index is 1.76. The number of carbonyl (C=O) groups is 2. The van der Waals surface area contributed by atoms with Gasteiger partial charge in [-0.15, -0.1) is 6.58 Å². The molecule has 0 bridgehead atoms. The van der Waals surface area contributed by atoms with Gasteiger partial charge < -0.3 is 38.7 Å². The van der Waals surface area contributed by atoms with Crippen molar-refractivity contribution in [2.75, 3.05) is 47.7 Å². The SMILES string of the molecule is C=CCOC12Oc3ccc(Oc4ccc(OC)c(C=O)c4)cc3C3C(CCCCO)C(CCCCO)C=C(C(=NOC)CC1N(CCC)C(=O)OC)C32. The molecular weight excluding hydrogens is 680 g/mol. The second kappa shape index (κ2) is 18.6. The molecule has 12 nitrogen and oxygen atoms in total. The van der Waals surface area contributed by atoms with Crippen LogP contribution in [-0.2, 0) is 14.3 Å². The summed E-state index contributed by atoms with van der Waals surface area (Å²) in [6.07, 6.45) is 9.75. The molecule has 0 radical (unpaired) electrons. The standard InChI is InChI=1S/C41H54N2O10/c1-6-18-43(40(47)49-4)37-25-34(42-50-5)32-23-27(12-8-10-19-44)31(13-9-11-20-45)38-33-24-30(52-29-14-16-35(48-3)28(22-29)26-46)15-17-36(33)53-41(37,39(32)38)51-21-7-2/h7,14-17,22-24,26-27,31,37-39,44-45H,2,6,8-13,18-21,25H2,1,3-5H3. The van der Waals surface area contributed by atoms with E-state index in [4.69, 9.17) is 28.5 Å². The number of benzene rings is 2. The third-order valence-electron chi connectivity index (χ3n) is 10.7. The number of carbonyl (C=O) groups excluding carboxylic acids is 2. The molecule has 6 atom stereocenters. The number of amides is 1. The van der Waals surface area contributed by atoms with Gasteiger partial charge in [-0.25, -0.2) is 4.79 Å². The zero-order valence-corrected chi connectivity index (χ0v) is 31.3. The van der Waals surface area contributed by atoms with Gasteiger partial charge in [0.25, 0.3) is 0 Å². The second-order valence-electron chi connectivity index (χ2n) is 13.7. The number of nitrogens with zero attached hydrogens (tertiary/aromatic N) is 2. The minimum Gasteiger partial charge on any atom is -0.496 e. The molecule has 5 rings (SSSR count). The van der Waals surface area contributed by atoms with Gasteiger partial charge in [-0.05, 0) is 85.9 Å². The Hall–Kier alpha value is -4.39. The van der Waals surface area contributed by atoms with Crippen molar-refractivity contribution in [1.82, 2.24) is 4.90 Å². The Morgan fingerprint density at radius 3 is 2.45 bits per heavy atom. The number of rotatable bonds is 19. The van der Waals surface area contributed by atoms with Crippen molar-refractivity contribution in [2.45, 2.75) is 76.0 Å². The van der Waals surface area contributed by atoms with Gasteiger partial charge in [-0.3, -0.25) is 9.69 Å². The van der Waals surface area contributed by atoms with Crippen LogP contribution in [0.4, 0.5) is 4.79 Å². The molecule has 6 unspecified atom stereocenters. The molecular formula is C41H54N2O10. The van der Waals surface area contributed by atoms with Gasteiger partial charge in [0.15, 0.2) is 6.29 Å². The minimum atomic E-state index is -1.36. The number of fused-ring (bicyclic) bond motifs is 2. The highest BCUT2D eigenvalue weighted by atomic mass is 16.7. The average Bonchev–Trinajstić information content (AvgIpc) is 3.17. The fraction of sp³-hybridized carbons (Fsp3) is 0.537. The van der Waals surface area contributed by atoms with E-state index in [0.29, 0.717) is 66.5 Å². The topological polar surface area (TPSA) is 146 Å². The Labute approximate surface area is 312 Å². The van der Waals surface area contributed by atoms with Crippen molar-refractivity contribution in [3.8, 4) is 23.0 Å². The van der Waals surface area contributed by atoms with Crippen LogP contribution in [0.25, 0.3) is 0 Å². The van der Waals surface area contributed by atoms with Crippen LogP contribution in [0, 0.1) is 17.8 Å². The third kappa shape index (κ3) is 8.24. The van der Waals surface area contributed by atoms with Crippen molar-refractivity contribution in [1.29, 1.82) is 0 Å². The third-order valence-corrected chi connectivity index (χ3v) is 10.7. The van der Waals surface area contributed by atoms with E-state index in [1.165, 1.54) is 21.3 Å². The maximum atomic E-state index is 13.6. The van der Waals surface area contributed by atoms with Crippen molar-refractivity contribution in [3.63, 3.8) is 0 Å². The average molecular weight is 735 g/mol. The molecule has 3 aliphatic rings. The number of unbranched alkanes of at least 4 members (excludes halogenated alkanes) is 2. The Morgan fingerprint density at radius 1 is 1.06 bits per heavy atom. The van der Waals surface area contributed by atoms with Gasteiger partial charge in [0.05, 0.1) is 38.0 Å². The largest absolute Gasteiger partial charge is 0.496 e. The molecule has 0 saturated heterocycles. The lowest BCUT2D eigenvalue weighted by molar-refractivity contribution is -0.255. The molecule has 2 aromatic carbocycles. The lowest BCUT2D eigenvalue weighted by Crippen LogP contribution is -2.70. The maximum absolute atomic E-state index is 13.6. The van der Waals surface area contributed by atoms with Crippen LogP contribution in [0.1, 0.15) is 80.1 Å². The molecule has 2 aromatic rings. The molecule has 1 amide bonds. The second-order valence-corrected chi connectivity index (χ2v) is 13.7. The van der Waals surface area contributed by atoms with Crippen molar-refractivity contribution in [2.24, 2.45) is 22.9 Å². The van der Waals surface area contributed by atoms with Crippen LogP contribution in [0.3, 0.4) is 0 Å². The summed E-state index contributed by atoms with van der Waals surface area (Å²) < 4.78 is 31.1. The molecule has 288 valence electrons. The van der Waals surface area contributed by atoms with Crippen LogP contribution >= 0.6 is 0 Å². The number of hydrogen-bond acceptors (Lipinski definition) is 11. The van der Waals surface area contributed by atoms with E-state index in [1.54, 1.807) is 29.2 Å². The highest BCUT2D eigenvalue weighted by Gasteiger charge is 2.65. The Morgan fingerprint density at radius 2 is 1.79 bits per heavy atom. The summed E-state index contributed by atoms with van der Waals surface area (Å²) in [6, 6.07) is 10.1. The van der Waals surface area contributed by atoms with Crippen molar-refractivity contribution < 1.29 is 48.3 Å². The summed E-state index contributed by atoms with van der Waals surface area (Å²) >= 11 is 0. The Bertz CT molecular complexity index is 1640. The van der Waals surface area contributed by atoms with Gasteiger partial charge in [0, 0.05) is 37.7 Å². The summed E-state index contributed by atoms with van der Waals surface area (Å²) in [4.78, 5) is 32.5. The highest BCUT2D eigenvalue weighted by Crippen LogP contribution is 2.62. The van der Waals surface area contributed by atoms with Gasteiger partial charge >= 0.3 is 6.09 Å². The number of oxime groups is 1. The summed E-state index contributed by atoms with van der Waals surface area (Å²) in [7, 11) is 4.40. The Kier molecular flexibility index (Phi) is 14.0. The normalized spacial score (nSPS) is 24.9. The van der Waals surface area contributed by atoms with Gasteiger partial charge in [-0.2, -0.15) is 0 Å². The smallest absolute Gasteiger partial charge is 0.409 e.